The lowest BCUT2D eigenvalue weighted by Crippen LogP contribution is -2.34. The van der Waals surface area contributed by atoms with Crippen LogP contribution >= 0.6 is 0 Å². The van der Waals surface area contributed by atoms with Gasteiger partial charge in [0.25, 0.3) is 11.8 Å². The molecule has 0 unspecified atom stereocenters. The Bertz CT molecular complexity index is 747. The molecule has 0 spiro atoms. The number of aryl methyl sites for hydroxylation is 1. The lowest BCUT2D eigenvalue weighted by Gasteiger charge is -2.13. The van der Waals surface area contributed by atoms with Gasteiger partial charge in [-0.1, -0.05) is 34.9 Å². The van der Waals surface area contributed by atoms with Crippen LogP contribution in [0.4, 0.5) is 0 Å². The fourth-order valence-electron chi connectivity index (χ4n) is 2.15. The highest BCUT2D eigenvalue weighted by Gasteiger charge is 2.38. The summed E-state index contributed by atoms with van der Waals surface area (Å²) in [7, 11) is 0. The van der Waals surface area contributed by atoms with E-state index in [1.165, 1.54) is 12.1 Å². The number of benzene rings is 2. The molecule has 1 heterocycles. The van der Waals surface area contributed by atoms with Crippen LogP contribution in [-0.4, -0.2) is 29.5 Å². The van der Waals surface area contributed by atoms with E-state index in [4.69, 9.17) is 9.57 Å². The van der Waals surface area contributed by atoms with E-state index in [0.29, 0.717) is 10.8 Å². The van der Waals surface area contributed by atoms with Gasteiger partial charge in [-0.3, -0.25) is 9.59 Å². The first-order chi connectivity index (χ1) is 11.1. The number of hydrogen-bond donors (Lipinski definition) is 0. The number of imide groups is 1. The van der Waals surface area contributed by atoms with Crippen molar-refractivity contribution in [3.05, 3.63) is 65.2 Å². The standard InChI is InChI=1S/C17H13NO5/c1-11-6-8-12(9-7-11)22-10-15(19)23-18-16(20)13-4-2-3-5-14(13)17(18)21/h2-9H,10H2,1H3. The van der Waals surface area contributed by atoms with Gasteiger partial charge in [0.2, 0.25) is 0 Å². The Hall–Kier alpha value is -3.15. The first-order valence-electron chi connectivity index (χ1n) is 6.94. The number of carbonyl (C=O) groups excluding carboxylic acids is 3. The maximum Gasteiger partial charge on any atom is 0.370 e. The monoisotopic (exact) mass is 311 g/mol. The van der Waals surface area contributed by atoms with Gasteiger partial charge >= 0.3 is 5.97 Å². The van der Waals surface area contributed by atoms with Crippen molar-refractivity contribution in [1.29, 1.82) is 0 Å². The van der Waals surface area contributed by atoms with Gasteiger partial charge in [-0.2, -0.15) is 0 Å². The second kappa shape index (κ2) is 5.92. The third-order valence-electron chi connectivity index (χ3n) is 3.33. The number of amides is 2. The highest BCUT2D eigenvalue weighted by molar-refractivity contribution is 6.20. The fraction of sp³-hybridized carbons (Fsp3) is 0.118. The van der Waals surface area contributed by atoms with Crippen LogP contribution in [0.15, 0.2) is 48.5 Å². The van der Waals surface area contributed by atoms with E-state index in [0.717, 1.165) is 5.56 Å². The molecule has 2 amide bonds. The molecule has 0 bridgehead atoms. The van der Waals surface area contributed by atoms with Gasteiger partial charge in [-0.15, -0.1) is 0 Å². The Morgan fingerprint density at radius 3 is 2.09 bits per heavy atom. The molecule has 3 rings (SSSR count). The molecule has 0 aliphatic carbocycles. The third-order valence-corrected chi connectivity index (χ3v) is 3.33. The topological polar surface area (TPSA) is 72.9 Å². The maximum atomic E-state index is 12.0. The average Bonchev–Trinajstić information content (AvgIpc) is 2.80. The highest BCUT2D eigenvalue weighted by atomic mass is 16.7. The van der Waals surface area contributed by atoms with Gasteiger partial charge in [0, 0.05) is 0 Å². The van der Waals surface area contributed by atoms with Crippen molar-refractivity contribution in [2.75, 3.05) is 6.61 Å². The summed E-state index contributed by atoms with van der Waals surface area (Å²) >= 11 is 0. The molecule has 116 valence electrons. The number of rotatable bonds is 4. The SMILES string of the molecule is Cc1ccc(OCC(=O)ON2C(=O)c3ccccc3C2=O)cc1. The Morgan fingerprint density at radius 2 is 1.52 bits per heavy atom. The zero-order valence-corrected chi connectivity index (χ0v) is 12.3. The van der Waals surface area contributed by atoms with Gasteiger partial charge in [-0.25, -0.2) is 4.79 Å². The van der Waals surface area contributed by atoms with Crippen molar-refractivity contribution in [2.24, 2.45) is 0 Å². The first kappa shape index (κ1) is 14.8. The summed E-state index contributed by atoms with van der Waals surface area (Å²) in [6.45, 7) is 1.52. The highest BCUT2D eigenvalue weighted by Crippen LogP contribution is 2.22. The quantitative estimate of drug-likeness (QED) is 0.809. The molecule has 2 aromatic carbocycles. The summed E-state index contributed by atoms with van der Waals surface area (Å²) < 4.78 is 5.26. The maximum absolute atomic E-state index is 12.0. The van der Waals surface area contributed by atoms with Gasteiger partial charge in [0.15, 0.2) is 6.61 Å². The predicted octanol–water partition coefficient (Wildman–Crippen LogP) is 2.13. The third kappa shape index (κ3) is 2.91. The van der Waals surface area contributed by atoms with Crippen LogP contribution in [0.25, 0.3) is 0 Å². The molecule has 2 aromatic rings. The lowest BCUT2D eigenvalue weighted by molar-refractivity contribution is -0.170. The molecule has 1 aliphatic heterocycles. The Kier molecular flexibility index (Phi) is 3.80. The van der Waals surface area contributed by atoms with E-state index in [1.54, 1.807) is 24.3 Å². The molecule has 0 fully saturated rings. The van der Waals surface area contributed by atoms with Gasteiger partial charge < -0.3 is 9.57 Å². The van der Waals surface area contributed by atoms with E-state index in [9.17, 15) is 14.4 Å². The van der Waals surface area contributed by atoms with Crippen LogP contribution in [0, 0.1) is 6.92 Å². The van der Waals surface area contributed by atoms with Crippen molar-refractivity contribution >= 4 is 17.8 Å². The van der Waals surface area contributed by atoms with Crippen molar-refractivity contribution in [2.45, 2.75) is 6.92 Å². The minimum Gasteiger partial charge on any atom is -0.482 e. The summed E-state index contributed by atoms with van der Waals surface area (Å²) in [5, 5.41) is 0.464. The summed E-state index contributed by atoms with van der Waals surface area (Å²) in [5.74, 6) is -1.65. The van der Waals surface area contributed by atoms with Crippen LogP contribution in [-0.2, 0) is 9.63 Å². The van der Waals surface area contributed by atoms with Crippen LogP contribution in [0.3, 0.4) is 0 Å². The average molecular weight is 311 g/mol. The van der Waals surface area contributed by atoms with Gasteiger partial charge in [0.05, 0.1) is 11.1 Å². The summed E-state index contributed by atoms with van der Waals surface area (Å²) in [4.78, 5) is 40.7. The van der Waals surface area contributed by atoms with E-state index in [-0.39, 0.29) is 11.1 Å². The smallest absolute Gasteiger partial charge is 0.370 e. The van der Waals surface area contributed by atoms with Gasteiger partial charge in [-0.05, 0) is 31.2 Å². The first-order valence-corrected chi connectivity index (χ1v) is 6.94. The number of carbonyl (C=O) groups is 3. The Labute approximate surface area is 132 Å². The van der Waals surface area contributed by atoms with Crippen LogP contribution in [0.5, 0.6) is 5.75 Å². The summed E-state index contributed by atoms with van der Waals surface area (Å²) in [6, 6.07) is 13.4. The Balaban J connectivity index is 1.62. The van der Waals surface area contributed by atoms with E-state index < -0.39 is 24.4 Å². The lowest BCUT2D eigenvalue weighted by atomic mass is 10.1. The zero-order chi connectivity index (χ0) is 16.4. The number of hydroxylamine groups is 2. The normalized spacial score (nSPS) is 13.0. The van der Waals surface area contributed by atoms with Crippen molar-refractivity contribution < 1.29 is 24.0 Å². The molecule has 6 heteroatoms. The van der Waals surface area contributed by atoms with E-state index in [2.05, 4.69) is 0 Å². The molecular formula is C17H13NO5. The molecule has 0 radical (unpaired) electrons. The number of ether oxygens (including phenoxy) is 1. The second-order valence-electron chi connectivity index (χ2n) is 5.02. The molecule has 0 atom stereocenters. The van der Waals surface area contributed by atoms with Crippen LogP contribution < -0.4 is 4.74 Å². The number of nitrogens with zero attached hydrogens (tertiary/aromatic N) is 1. The van der Waals surface area contributed by atoms with Crippen molar-refractivity contribution in [3.63, 3.8) is 0 Å². The van der Waals surface area contributed by atoms with E-state index in [1.807, 2.05) is 19.1 Å². The molecule has 6 nitrogen and oxygen atoms in total. The molecule has 1 aliphatic rings. The second-order valence-corrected chi connectivity index (χ2v) is 5.02. The fourth-order valence-corrected chi connectivity index (χ4v) is 2.15. The van der Waals surface area contributed by atoms with Crippen molar-refractivity contribution in [3.8, 4) is 5.75 Å². The molecule has 0 N–H and O–H groups in total. The molecular weight excluding hydrogens is 298 g/mol. The number of fused-ring (bicyclic) bond motifs is 1. The summed E-state index contributed by atoms with van der Waals surface area (Å²) in [6.07, 6.45) is 0. The van der Waals surface area contributed by atoms with Gasteiger partial charge in [0.1, 0.15) is 5.75 Å². The number of hydrogen-bond acceptors (Lipinski definition) is 5. The molecule has 0 saturated carbocycles. The summed E-state index contributed by atoms with van der Waals surface area (Å²) in [5.41, 5.74) is 1.49. The largest absolute Gasteiger partial charge is 0.482 e. The minimum atomic E-state index is -0.833. The predicted molar refractivity (Wildman–Crippen MR) is 79.7 cm³/mol. The van der Waals surface area contributed by atoms with Crippen LogP contribution in [0.1, 0.15) is 26.3 Å². The molecule has 0 aromatic heterocycles. The zero-order valence-electron chi connectivity index (χ0n) is 12.3. The minimum absolute atomic E-state index is 0.213. The van der Waals surface area contributed by atoms with Crippen molar-refractivity contribution in [1.82, 2.24) is 5.06 Å². The molecule has 0 saturated heterocycles. The van der Waals surface area contributed by atoms with E-state index >= 15 is 0 Å². The van der Waals surface area contributed by atoms with Crippen LogP contribution in [0.2, 0.25) is 0 Å². The Morgan fingerprint density at radius 1 is 0.957 bits per heavy atom. The molecule has 23 heavy (non-hydrogen) atoms.